The lowest BCUT2D eigenvalue weighted by Gasteiger charge is -2.17. The van der Waals surface area contributed by atoms with E-state index < -0.39 is 0 Å². The highest BCUT2D eigenvalue weighted by atomic mass is 32.2. The number of H-pyrrole nitrogens is 1. The maximum atomic E-state index is 3.32. The van der Waals surface area contributed by atoms with E-state index in [1.807, 2.05) is 11.8 Å². The van der Waals surface area contributed by atoms with E-state index in [-0.39, 0.29) is 0 Å². The Bertz CT molecular complexity index is 460. The summed E-state index contributed by atoms with van der Waals surface area (Å²) in [4.78, 5) is 7.15. The third-order valence-corrected chi connectivity index (χ3v) is 4.15. The SMILES string of the molecule is CCN(CC)CCSc1c[nH]c2ccccc12. The minimum absolute atomic E-state index is 1.14. The highest BCUT2D eigenvalue weighted by molar-refractivity contribution is 7.99. The minimum atomic E-state index is 1.14. The van der Waals surface area contributed by atoms with Gasteiger partial charge in [-0.3, -0.25) is 0 Å². The fourth-order valence-electron chi connectivity index (χ4n) is 1.99. The van der Waals surface area contributed by atoms with Gasteiger partial charge in [0.15, 0.2) is 0 Å². The predicted molar refractivity (Wildman–Crippen MR) is 76.8 cm³/mol. The van der Waals surface area contributed by atoms with Gasteiger partial charge < -0.3 is 9.88 Å². The second-order valence-corrected chi connectivity index (χ2v) is 5.21. The van der Waals surface area contributed by atoms with Crippen molar-refractivity contribution in [2.24, 2.45) is 0 Å². The smallest absolute Gasteiger partial charge is 0.0465 e. The Morgan fingerprint density at radius 1 is 1.18 bits per heavy atom. The van der Waals surface area contributed by atoms with Crippen LogP contribution in [0, 0.1) is 0 Å². The molecule has 0 unspecified atom stereocenters. The van der Waals surface area contributed by atoms with Crippen molar-refractivity contribution in [3.8, 4) is 0 Å². The number of nitrogens with one attached hydrogen (secondary N) is 1. The van der Waals surface area contributed by atoms with Crippen LogP contribution in [0.15, 0.2) is 35.4 Å². The molecule has 0 bridgehead atoms. The third kappa shape index (κ3) is 3.05. The number of para-hydroxylation sites is 1. The highest BCUT2D eigenvalue weighted by Gasteiger charge is 2.04. The summed E-state index contributed by atoms with van der Waals surface area (Å²) in [7, 11) is 0. The van der Waals surface area contributed by atoms with Gasteiger partial charge in [0.1, 0.15) is 0 Å². The molecule has 1 aromatic carbocycles. The molecule has 2 aromatic rings. The van der Waals surface area contributed by atoms with E-state index in [0.717, 1.165) is 25.4 Å². The van der Waals surface area contributed by atoms with Crippen LogP contribution in [0.5, 0.6) is 0 Å². The summed E-state index contributed by atoms with van der Waals surface area (Å²) in [6.45, 7) is 7.90. The van der Waals surface area contributed by atoms with Crippen molar-refractivity contribution in [3.63, 3.8) is 0 Å². The zero-order valence-corrected chi connectivity index (χ0v) is 11.4. The number of hydrogen-bond acceptors (Lipinski definition) is 2. The van der Waals surface area contributed by atoms with Crippen LogP contribution < -0.4 is 0 Å². The van der Waals surface area contributed by atoms with Crippen molar-refractivity contribution in [1.82, 2.24) is 9.88 Å². The molecule has 0 aliphatic rings. The van der Waals surface area contributed by atoms with E-state index in [1.54, 1.807) is 0 Å². The second-order valence-electron chi connectivity index (χ2n) is 4.07. The molecule has 17 heavy (non-hydrogen) atoms. The maximum Gasteiger partial charge on any atom is 0.0465 e. The molecule has 2 rings (SSSR count). The molecule has 0 aliphatic carbocycles. The molecule has 0 radical (unpaired) electrons. The summed E-state index contributed by atoms with van der Waals surface area (Å²) in [5.74, 6) is 1.16. The minimum Gasteiger partial charge on any atom is -0.360 e. The largest absolute Gasteiger partial charge is 0.360 e. The number of aromatic nitrogens is 1. The first-order valence-corrected chi connectivity index (χ1v) is 7.25. The number of hydrogen-bond donors (Lipinski definition) is 1. The van der Waals surface area contributed by atoms with E-state index >= 15 is 0 Å². The number of benzene rings is 1. The van der Waals surface area contributed by atoms with Crippen LogP contribution in [-0.2, 0) is 0 Å². The van der Waals surface area contributed by atoms with E-state index in [1.165, 1.54) is 15.8 Å². The highest BCUT2D eigenvalue weighted by Crippen LogP contribution is 2.27. The van der Waals surface area contributed by atoms with Crippen molar-refractivity contribution in [1.29, 1.82) is 0 Å². The van der Waals surface area contributed by atoms with Crippen molar-refractivity contribution < 1.29 is 0 Å². The van der Waals surface area contributed by atoms with Gasteiger partial charge in [-0.15, -0.1) is 11.8 Å². The summed E-state index contributed by atoms with van der Waals surface area (Å²) in [6, 6.07) is 8.49. The lowest BCUT2D eigenvalue weighted by Crippen LogP contribution is -2.25. The average molecular weight is 248 g/mol. The number of thioether (sulfide) groups is 1. The van der Waals surface area contributed by atoms with Gasteiger partial charge in [0, 0.05) is 34.3 Å². The van der Waals surface area contributed by atoms with Gasteiger partial charge in [-0.2, -0.15) is 0 Å². The molecular weight excluding hydrogens is 228 g/mol. The van der Waals surface area contributed by atoms with Gasteiger partial charge in [-0.1, -0.05) is 32.0 Å². The van der Waals surface area contributed by atoms with E-state index in [2.05, 4.69) is 54.2 Å². The molecule has 0 saturated carbocycles. The lowest BCUT2D eigenvalue weighted by atomic mass is 10.2. The molecule has 3 heteroatoms. The first-order chi connectivity index (χ1) is 8.35. The number of fused-ring (bicyclic) bond motifs is 1. The van der Waals surface area contributed by atoms with Gasteiger partial charge in [0.25, 0.3) is 0 Å². The first kappa shape index (κ1) is 12.5. The number of nitrogens with zero attached hydrogens (tertiary/aromatic N) is 1. The normalized spacial score (nSPS) is 11.5. The Morgan fingerprint density at radius 2 is 1.94 bits per heavy atom. The molecule has 0 saturated heterocycles. The van der Waals surface area contributed by atoms with Crippen LogP contribution >= 0.6 is 11.8 Å². The summed E-state index contributed by atoms with van der Waals surface area (Å²) >= 11 is 1.94. The van der Waals surface area contributed by atoms with Crippen LogP contribution in [0.3, 0.4) is 0 Å². The van der Waals surface area contributed by atoms with Crippen molar-refractivity contribution in [2.75, 3.05) is 25.4 Å². The predicted octanol–water partition coefficient (Wildman–Crippen LogP) is 3.60. The van der Waals surface area contributed by atoms with Gasteiger partial charge in [-0.05, 0) is 19.2 Å². The lowest BCUT2D eigenvalue weighted by molar-refractivity contribution is 0.324. The summed E-state index contributed by atoms with van der Waals surface area (Å²) in [5, 5.41) is 1.34. The van der Waals surface area contributed by atoms with Crippen LogP contribution in [-0.4, -0.2) is 35.3 Å². The fourth-order valence-corrected chi connectivity index (χ4v) is 3.03. The van der Waals surface area contributed by atoms with Gasteiger partial charge >= 0.3 is 0 Å². The standard InChI is InChI=1S/C14H20N2S/c1-3-16(4-2)9-10-17-14-11-15-13-8-6-5-7-12(13)14/h5-8,11,15H,3-4,9-10H2,1-2H3. The monoisotopic (exact) mass is 248 g/mol. The summed E-state index contributed by atoms with van der Waals surface area (Å²) in [5.41, 5.74) is 1.23. The molecule has 1 N–H and O–H groups in total. The molecule has 2 nitrogen and oxygen atoms in total. The van der Waals surface area contributed by atoms with Gasteiger partial charge in [0.05, 0.1) is 0 Å². The average Bonchev–Trinajstić information content (AvgIpc) is 2.78. The van der Waals surface area contributed by atoms with Crippen molar-refractivity contribution >= 4 is 22.7 Å². The Morgan fingerprint density at radius 3 is 2.71 bits per heavy atom. The van der Waals surface area contributed by atoms with Gasteiger partial charge in [0.2, 0.25) is 0 Å². The van der Waals surface area contributed by atoms with Crippen LogP contribution in [0.2, 0.25) is 0 Å². The fraction of sp³-hybridized carbons (Fsp3) is 0.429. The molecular formula is C14H20N2S. The Labute approximate surface area is 107 Å². The first-order valence-electron chi connectivity index (χ1n) is 6.26. The summed E-state index contributed by atoms with van der Waals surface area (Å²) < 4.78 is 0. The molecule has 0 atom stereocenters. The second kappa shape index (κ2) is 6.12. The van der Waals surface area contributed by atoms with Crippen LogP contribution in [0.4, 0.5) is 0 Å². The van der Waals surface area contributed by atoms with E-state index in [9.17, 15) is 0 Å². The zero-order chi connectivity index (χ0) is 12.1. The molecule has 1 heterocycles. The maximum absolute atomic E-state index is 3.32. The molecule has 0 spiro atoms. The summed E-state index contributed by atoms with van der Waals surface area (Å²) in [6.07, 6.45) is 2.12. The molecule has 0 aliphatic heterocycles. The van der Waals surface area contributed by atoms with E-state index in [0.29, 0.717) is 0 Å². The van der Waals surface area contributed by atoms with E-state index in [4.69, 9.17) is 0 Å². The Balaban J connectivity index is 1.95. The number of aromatic amines is 1. The van der Waals surface area contributed by atoms with Crippen LogP contribution in [0.25, 0.3) is 10.9 Å². The molecule has 0 amide bonds. The molecule has 0 fully saturated rings. The molecule has 1 aromatic heterocycles. The Hall–Kier alpha value is -0.930. The quantitative estimate of drug-likeness (QED) is 0.788. The van der Waals surface area contributed by atoms with Crippen molar-refractivity contribution in [2.45, 2.75) is 18.7 Å². The van der Waals surface area contributed by atoms with Crippen LogP contribution in [0.1, 0.15) is 13.8 Å². The number of rotatable bonds is 6. The zero-order valence-electron chi connectivity index (χ0n) is 10.6. The van der Waals surface area contributed by atoms with Gasteiger partial charge in [-0.25, -0.2) is 0 Å². The molecule has 92 valence electrons. The van der Waals surface area contributed by atoms with Crippen molar-refractivity contribution in [3.05, 3.63) is 30.5 Å². The Kier molecular flexibility index (Phi) is 4.51. The topological polar surface area (TPSA) is 19.0 Å². The third-order valence-electron chi connectivity index (χ3n) is 3.11.